The summed E-state index contributed by atoms with van der Waals surface area (Å²) in [7, 11) is 0. The number of H-pyrrole nitrogens is 1. The van der Waals surface area contributed by atoms with E-state index in [1.807, 2.05) is 28.7 Å². The van der Waals surface area contributed by atoms with Crippen LogP contribution in [0.3, 0.4) is 0 Å². The van der Waals surface area contributed by atoms with Crippen LogP contribution >= 0.6 is 11.8 Å². The van der Waals surface area contributed by atoms with Crippen LogP contribution in [0.2, 0.25) is 0 Å². The fraction of sp³-hybridized carbons (Fsp3) is 0.125. The topological polar surface area (TPSA) is 55.2 Å². The Morgan fingerprint density at radius 2 is 1.92 bits per heavy atom. The molecule has 0 atom stereocenters. The van der Waals surface area contributed by atoms with Crippen molar-refractivity contribution >= 4 is 28.6 Å². The summed E-state index contributed by atoms with van der Waals surface area (Å²) in [5.74, 6) is 1.29. The molecule has 0 fully saturated rings. The van der Waals surface area contributed by atoms with Crippen LogP contribution in [0.1, 0.15) is 5.56 Å². The van der Waals surface area contributed by atoms with Gasteiger partial charge in [-0.15, -0.1) is 5.10 Å². The number of ether oxygens (including phenoxy) is 1. The summed E-state index contributed by atoms with van der Waals surface area (Å²) in [6.45, 7) is -2.84. The number of nitrogens with one attached hydrogen (secondary N) is 1. The Balaban J connectivity index is 1.64. The van der Waals surface area contributed by atoms with E-state index in [0.29, 0.717) is 22.3 Å². The van der Waals surface area contributed by atoms with Gasteiger partial charge in [0.15, 0.2) is 5.16 Å². The van der Waals surface area contributed by atoms with Gasteiger partial charge in [0.05, 0.1) is 11.0 Å². The predicted octanol–water partition coefficient (Wildman–Crippen LogP) is 4.10. The number of imidazole rings is 1. The number of fused-ring (bicyclic) bond motifs is 3. The van der Waals surface area contributed by atoms with E-state index in [1.165, 1.54) is 17.8 Å². The number of aromatic amines is 1. The molecule has 5 nitrogen and oxygen atoms in total. The lowest BCUT2D eigenvalue weighted by Gasteiger charge is -2.09. The second-order valence-corrected chi connectivity index (χ2v) is 5.98. The first-order valence-electron chi connectivity index (χ1n) is 7.19. The van der Waals surface area contributed by atoms with Crippen molar-refractivity contribution in [3.8, 4) is 5.75 Å². The molecule has 8 heteroatoms. The zero-order chi connectivity index (χ0) is 16.5. The molecule has 0 saturated heterocycles. The molecule has 0 aliphatic rings. The highest BCUT2D eigenvalue weighted by atomic mass is 32.2. The van der Waals surface area contributed by atoms with E-state index in [2.05, 4.69) is 19.9 Å². The summed E-state index contributed by atoms with van der Waals surface area (Å²) >= 11 is 1.43. The predicted molar refractivity (Wildman–Crippen MR) is 87.5 cm³/mol. The minimum absolute atomic E-state index is 0.183. The van der Waals surface area contributed by atoms with Crippen LogP contribution in [0.5, 0.6) is 5.75 Å². The molecule has 0 saturated carbocycles. The van der Waals surface area contributed by atoms with Crippen molar-refractivity contribution in [2.24, 2.45) is 0 Å². The van der Waals surface area contributed by atoms with Gasteiger partial charge in [0.1, 0.15) is 5.75 Å². The van der Waals surface area contributed by atoms with Crippen molar-refractivity contribution in [3.63, 3.8) is 0 Å². The summed E-state index contributed by atoms with van der Waals surface area (Å²) in [6, 6.07) is 14.5. The van der Waals surface area contributed by atoms with E-state index in [1.54, 1.807) is 18.2 Å². The van der Waals surface area contributed by atoms with Gasteiger partial charge in [0, 0.05) is 11.3 Å². The van der Waals surface area contributed by atoms with E-state index < -0.39 is 6.61 Å². The van der Waals surface area contributed by atoms with Crippen molar-refractivity contribution in [2.75, 3.05) is 0 Å². The second kappa shape index (κ2) is 6.12. The number of rotatable bonds is 5. The van der Waals surface area contributed by atoms with Gasteiger partial charge in [-0.1, -0.05) is 42.1 Å². The van der Waals surface area contributed by atoms with E-state index in [9.17, 15) is 8.78 Å². The summed E-state index contributed by atoms with van der Waals surface area (Å²) in [4.78, 5) is 4.46. The molecular weight excluding hydrogens is 334 g/mol. The smallest absolute Gasteiger partial charge is 0.387 e. The number of hydrogen-bond acceptors (Lipinski definition) is 4. The van der Waals surface area contributed by atoms with Crippen molar-refractivity contribution in [1.82, 2.24) is 19.6 Å². The molecule has 0 unspecified atom stereocenters. The average molecular weight is 346 g/mol. The lowest BCUT2D eigenvalue weighted by atomic mass is 10.2. The maximum Gasteiger partial charge on any atom is 0.387 e. The van der Waals surface area contributed by atoms with Crippen molar-refractivity contribution in [3.05, 3.63) is 54.1 Å². The average Bonchev–Trinajstić information content (AvgIpc) is 3.13. The maximum atomic E-state index is 12.5. The van der Waals surface area contributed by atoms with Crippen LogP contribution in [0, 0.1) is 0 Å². The van der Waals surface area contributed by atoms with Crippen molar-refractivity contribution in [2.45, 2.75) is 17.5 Å². The third-order valence-corrected chi connectivity index (χ3v) is 4.54. The lowest BCUT2D eigenvalue weighted by Crippen LogP contribution is -2.04. The first kappa shape index (κ1) is 14.9. The summed E-state index contributed by atoms with van der Waals surface area (Å²) in [5, 5.41) is 7.86. The molecule has 4 rings (SSSR count). The Bertz CT molecular complexity index is 998. The SMILES string of the molecule is FC(F)Oc1ccccc1CSc1n[nH]c2nc3ccccc3n12. The van der Waals surface area contributed by atoms with Crippen LogP contribution in [0.25, 0.3) is 16.8 Å². The van der Waals surface area contributed by atoms with Gasteiger partial charge in [-0.3, -0.25) is 4.40 Å². The first-order chi connectivity index (χ1) is 11.7. The number of thioether (sulfide) groups is 1. The number of aromatic nitrogens is 4. The molecule has 0 radical (unpaired) electrons. The number of alkyl halides is 2. The maximum absolute atomic E-state index is 12.5. The van der Waals surface area contributed by atoms with Gasteiger partial charge in [0.2, 0.25) is 5.78 Å². The fourth-order valence-corrected chi connectivity index (χ4v) is 3.46. The Labute approximate surface area is 139 Å². The number of benzene rings is 2. The lowest BCUT2D eigenvalue weighted by molar-refractivity contribution is -0.0503. The highest BCUT2D eigenvalue weighted by molar-refractivity contribution is 7.98. The molecule has 0 spiro atoms. The van der Waals surface area contributed by atoms with Crippen LogP contribution < -0.4 is 4.74 Å². The Kier molecular flexibility index (Phi) is 3.81. The molecule has 4 aromatic rings. The van der Waals surface area contributed by atoms with Crippen LogP contribution in [0.4, 0.5) is 8.78 Å². The number of halogens is 2. The molecule has 0 aliphatic heterocycles. The molecular formula is C16H12F2N4OS. The highest BCUT2D eigenvalue weighted by Crippen LogP contribution is 2.29. The summed E-state index contributed by atoms with van der Waals surface area (Å²) in [5.41, 5.74) is 2.50. The summed E-state index contributed by atoms with van der Waals surface area (Å²) in [6.07, 6.45) is 0. The van der Waals surface area contributed by atoms with Gasteiger partial charge in [-0.05, 0) is 18.2 Å². The third kappa shape index (κ3) is 2.69. The fourth-order valence-electron chi connectivity index (χ4n) is 2.52. The van der Waals surface area contributed by atoms with Crippen molar-refractivity contribution < 1.29 is 13.5 Å². The van der Waals surface area contributed by atoms with Crippen LogP contribution in [-0.2, 0) is 5.75 Å². The third-order valence-electron chi connectivity index (χ3n) is 3.55. The van der Waals surface area contributed by atoms with E-state index in [4.69, 9.17) is 0 Å². The van der Waals surface area contributed by atoms with Crippen LogP contribution in [-0.4, -0.2) is 26.2 Å². The van der Waals surface area contributed by atoms with Crippen molar-refractivity contribution in [1.29, 1.82) is 0 Å². The molecule has 0 bridgehead atoms. The van der Waals surface area contributed by atoms with Gasteiger partial charge in [0.25, 0.3) is 0 Å². The molecule has 2 heterocycles. The van der Waals surface area contributed by atoms with Crippen LogP contribution in [0.15, 0.2) is 53.7 Å². The quantitative estimate of drug-likeness (QED) is 0.553. The zero-order valence-corrected chi connectivity index (χ0v) is 13.1. The molecule has 24 heavy (non-hydrogen) atoms. The largest absolute Gasteiger partial charge is 0.435 e. The molecule has 0 amide bonds. The molecule has 122 valence electrons. The van der Waals surface area contributed by atoms with Gasteiger partial charge < -0.3 is 4.74 Å². The van der Waals surface area contributed by atoms with Gasteiger partial charge in [-0.25, -0.2) is 10.1 Å². The molecule has 0 aliphatic carbocycles. The van der Waals surface area contributed by atoms with E-state index >= 15 is 0 Å². The molecule has 2 aromatic heterocycles. The zero-order valence-electron chi connectivity index (χ0n) is 12.3. The monoisotopic (exact) mass is 346 g/mol. The minimum Gasteiger partial charge on any atom is -0.435 e. The normalized spacial score (nSPS) is 11.6. The highest BCUT2D eigenvalue weighted by Gasteiger charge is 2.14. The van der Waals surface area contributed by atoms with Gasteiger partial charge >= 0.3 is 6.61 Å². The van der Waals surface area contributed by atoms with E-state index in [-0.39, 0.29) is 5.75 Å². The second-order valence-electron chi connectivity index (χ2n) is 5.04. The molecule has 1 N–H and O–H groups in total. The van der Waals surface area contributed by atoms with Gasteiger partial charge in [-0.2, -0.15) is 8.78 Å². The first-order valence-corrected chi connectivity index (χ1v) is 8.18. The van der Waals surface area contributed by atoms with E-state index in [0.717, 1.165) is 11.0 Å². The number of hydrogen-bond donors (Lipinski definition) is 1. The summed E-state index contributed by atoms with van der Waals surface area (Å²) < 4.78 is 31.5. The Morgan fingerprint density at radius 3 is 2.79 bits per heavy atom. The molecule has 2 aromatic carbocycles. The number of nitrogens with zero attached hydrogens (tertiary/aromatic N) is 3. The Morgan fingerprint density at radius 1 is 1.12 bits per heavy atom. The minimum atomic E-state index is -2.84. The standard InChI is InChI=1S/C16H12F2N4OS/c17-14(18)23-13-8-4-1-5-10(13)9-24-16-21-20-15-19-11-6-2-3-7-12(11)22(15)16/h1-8,14H,9H2,(H,19,20). The Hall–Kier alpha value is -2.61. The number of para-hydroxylation sites is 3.